The summed E-state index contributed by atoms with van der Waals surface area (Å²) in [5, 5.41) is 3.06. The number of hydrogen-bond donors (Lipinski definition) is 1. The molecule has 0 radical (unpaired) electrons. The van der Waals surface area contributed by atoms with Gasteiger partial charge in [0.05, 0.1) is 24.7 Å². The van der Waals surface area contributed by atoms with E-state index in [4.69, 9.17) is 9.47 Å². The molecule has 1 N–H and O–H groups in total. The first-order chi connectivity index (χ1) is 15.7. The summed E-state index contributed by atoms with van der Waals surface area (Å²) in [6.45, 7) is 2.11. The van der Waals surface area contributed by atoms with Crippen LogP contribution in [0.2, 0.25) is 0 Å². The predicted octanol–water partition coefficient (Wildman–Crippen LogP) is 4.94. The molecule has 2 atom stereocenters. The maximum absolute atomic E-state index is 14.7. The quantitative estimate of drug-likeness (QED) is 0.566. The smallest absolute Gasteiger partial charge is 0.227 e. The van der Waals surface area contributed by atoms with E-state index in [1.807, 2.05) is 13.0 Å². The summed E-state index contributed by atoms with van der Waals surface area (Å²) in [6.07, 6.45) is 2.90. The second-order valence-electron chi connectivity index (χ2n) is 7.87. The van der Waals surface area contributed by atoms with Crippen molar-refractivity contribution in [3.05, 3.63) is 59.8 Å². The third kappa shape index (κ3) is 5.57. The van der Waals surface area contributed by atoms with Crippen LogP contribution in [0.4, 0.5) is 20.4 Å². The number of nitrogens with one attached hydrogen (secondary N) is 1. The number of halogens is 2. The first-order valence-corrected chi connectivity index (χ1v) is 12.4. The molecule has 10 heteroatoms. The highest BCUT2D eigenvalue weighted by Gasteiger charge is 2.18. The van der Waals surface area contributed by atoms with Crippen molar-refractivity contribution >= 4 is 21.4 Å². The lowest BCUT2D eigenvalue weighted by atomic mass is 10.1. The lowest BCUT2D eigenvalue weighted by Crippen LogP contribution is -2.17. The van der Waals surface area contributed by atoms with E-state index in [-0.39, 0.29) is 35.9 Å². The summed E-state index contributed by atoms with van der Waals surface area (Å²) in [6, 6.07) is 9.24. The van der Waals surface area contributed by atoms with Crippen molar-refractivity contribution in [1.29, 1.82) is 0 Å². The number of nitrogens with zero attached hydrogens (tertiary/aromatic N) is 3. The van der Waals surface area contributed by atoms with Gasteiger partial charge in [0.25, 0.3) is 0 Å². The Kier molecular flexibility index (Phi) is 6.46. The number of hydrogen-bond acceptors (Lipinski definition) is 7. The molecule has 2 heterocycles. The monoisotopic (exact) mass is 474 g/mol. The molecule has 1 aliphatic heterocycles. The van der Waals surface area contributed by atoms with E-state index in [1.54, 1.807) is 18.4 Å². The Bertz CT molecular complexity index is 1310. The minimum Gasteiger partial charge on any atom is -0.493 e. The van der Waals surface area contributed by atoms with Crippen LogP contribution in [0.3, 0.4) is 0 Å². The van der Waals surface area contributed by atoms with Crippen LogP contribution < -0.4 is 14.8 Å². The van der Waals surface area contributed by atoms with E-state index >= 15 is 0 Å². The first-order valence-electron chi connectivity index (χ1n) is 10.3. The van der Waals surface area contributed by atoms with Crippen LogP contribution in [0, 0.1) is 11.6 Å². The van der Waals surface area contributed by atoms with Crippen molar-refractivity contribution < 1.29 is 22.5 Å². The lowest BCUT2D eigenvalue weighted by Gasteiger charge is -2.19. The number of aromatic nitrogens is 2. The fourth-order valence-electron chi connectivity index (χ4n) is 3.44. The molecule has 3 aromatic rings. The zero-order valence-electron chi connectivity index (χ0n) is 18.5. The van der Waals surface area contributed by atoms with Crippen molar-refractivity contribution in [2.75, 3.05) is 25.2 Å². The molecule has 0 fully saturated rings. The third-order valence-corrected chi connectivity index (χ3v) is 6.75. The van der Waals surface area contributed by atoms with Gasteiger partial charge < -0.3 is 14.8 Å². The van der Waals surface area contributed by atoms with Gasteiger partial charge in [-0.05, 0) is 36.8 Å². The summed E-state index contributed by atoms with van der Waals surface area (Å²) >= 11 is 0. The van der Waals surface area contributed by atoms with Gasteiger partial charge in [-0.25, -0.2) is 27.3 Å². The zero-order chi connectivity index (χ0) is 23.6. The Labute approximate surface area is 191 Å². The topological polar surface area (TPSA) is 85.7 Å². The Balaban J connectivity index is 1.82. The Morgan fingerprint density at radius 1 is 1.24 bits per heavy atom. The van der Waals surface area contributed by atoms with Gasteiger partial charge in [0.1, 0.15) is 23.0 Å². The fourth-order valence-corrected chi connectivity index (χ4v) is 4.35. The van der Waals surface area contributed by atoms with Gasteiger partial charge in [0, 0.05) is 52.8 Å². The van der Waals surface area contributed by atoms with Crippen LogP contribution in [-0.4, -0.2) is 40.2 Å². The molecule has 33 heavy (non-hydrogen) atoms. The average Bonchev–Trinajstić information content (AvgIpc) is 2.74. The van der Waals surface area contributed by atoms with Gasteiger partial charge in [-0.2, -0.15) is 0 Å². The van der Waals surface area contributed by atoms with Crippen molar-refractivity contribution in [3.63, 3.8) is 0 Å². The molecule has 1 aliphatic rings. The number of benzene rings is 2. The summed E-state index contributed by atoms with van der Waals surface area (Å²) in [4.78, 5) is 8.33. The third-order valence-electron chi connectivity index (χ3n) is 5.11. The number of anilines is 2. The molecule has 0 aliphatic carbocycles. The van der Waals surface area contributed by atoms with E-state index in [9.17, 15) is 13.0 Å². The highest BCUT2D eigenvalue weighted by molar-refractivity contribution is 7.92. The molecule has 0 amide bonds. The van der Waals surface area contributed by atoms with Crippen LogP contribution in [0.1, 0.15) is 18.9 Å². The van der Waals surface area contributed by atoms with Crippen LogP contribution in [0.5, 0.6) is 11.5 Å². The molecule has 0 saturated heterocycles. The average molecular weight is 475 g/mol. The fraction of sp³-hybridized carbons (Fsp3) is 0.304. The predicted molar refractivity (Wildman–Crippen MR) is 123 cm³/mol. The standard InChI is InChI=1S/C23H24F2N4O3S/c1-14-6-7-31-21-10-16(24)4-5-19(21)22-20(25)12-27-23(29-22)28-17-8-15(9-18(11-17)32-14)13-33(3,30)26-2/h4-5,8-12,14H,6-7,13H2,1-3H3,(H,27,28,29). The largest absolute Gasteiger partial charge is 0.493 e. The van der Waals surface area contributed by atoms with E-state index < -0.39 is 21.4 Å². The number of ether oxygens (including phenoxy) is 2. The normalized spacial score (nSPS) is 17.3. The van der Waals surface area contributed by atoms with Crippen molar-refractivity contribution in [1.82, 2.24) is 9.97 Å². The number of rotatable bonds is 2. The first kappa shape index (κ1) is 22.9. The van der Waals surface area contributed by atoms with Gasteiger partial charge in [-0.15, -0.1) is 0 Å². The molecule has 0 spiro atoms. The molecule has 4 bridgehead atoms. The molecular weight excluding hydrogens is 450 g/mol. The molecule has 174 valence electrons. The van der Waals surface area contributed by atoms with Crippen molar-refractivity contribution in [2.24, 2.45) is 4.36 Å². The maximum atomic E-state index is 14.7. The molecule has 2 unspecified atom stereocenters. The molecule has 7 nitrogen and oxygen atoms in total. The zero-order valence-corrected chi connectivity index (χ0v) is 19.3. The van der Waals surface area contributed by atoms with E-state index in [2.05, 4.69) is 19.6 Å². The van der Waals surface area contributed by atoms with Gasteiger partial charge in [-0.3, -0.25) is 0 Å². The molecule has 1 aromatic heterocycles. The minimum absolute atomic E-state index is 0.0124. The van der Waals surface area contributed by atoms with Crippen LogP contribution >= 0.6 is 0 Å². The lowest BCUT2D eigenvalue weighted by molar-refractivity contribution is 0.177. The van der Waals surface area contributed by atoms with Gasteiger partial charge in [0.2, 0.25) is 5.95 Å². The van der Waals surface area contributed by atoms with Gasteiger partial charge in [0.15, 0.2) is 5.82 Å². The number of fused-ring (bicyclic) bond motifs is 6. The van der Waals surface area contributed by atoms with Crippen LogP contribution in [0.15, 0.2) is 47.0 Å². The van der Waals surface area contributed by atoms with Crippen molar-refractivity contribution in [2.45, 2.75) is 25.2 Å². The summed E-state index contributed by atoms with van der Waals surface area (Å²) in [7, 11) is -0.874. The van der Waals surface area contributed by atoms with Gasteiger partial charge in [-0.1, -0.05) is 0 Å². The highest BCUT2D eigenvalue weighted by Crippen LogP contribution is 2.33. The van der Waals surface area contributed by atoms with Crippen LogP contribution in [0.25, 0.3) is 11.3 Å². The molecule has 0 saturated carbocycles. The Morgan fingerprint density at radius 3 is 2.85 bits per heavy atom. The summed E-state index contributed by atoms with van der Waals surface area (Å²) < 4.78 is 56.9. The highest BCUT2D eigenvalue weighted by atomic mass is 32.2. The SMILES string of the molecule is CN=S(C)(=O)Cc1cc2cc(c1)OC(C)CCOc1cc(F)ccc1-c1nc(ncc1F)N2. The summed E-state index contributed by atoms with van der Waals surface area (Å²) in [5.74, 6) is -0.0515. The Hall–Kier alpha value is -3.27. The summed E-state index contributed by atoms with van der Waals surface area (Å²) in [5.41, 5.74) is 1.65. The van der Waals surface area contributed by atoms with Gasteiger partial charge >= 0.3 is 0 Å². The molecule has 2 aromatic carbocycles. The van der Waals surface area contributed by atoms with E-state index in [0.29, 0.717) is 23.4 Å². The second-order valence-corrected chi connectivity index (χ2v) is 10.4. The molecular formula is C23H24F2N4O3S. The van der Waals surface area contributed by atoms with E-state index in [1.165, 1.54) is 25.2 Å². The second kappa shape index (κ2) is 9.30. The Morgan fingerprint density at radius 2 is 2.06 bits per heavy atom. The van der Waals surface area contributed by atoms with E-state index in [0.717, 1.165) is 11.8 Å². The maximum Gasteiger partial charge on any atom is 0.227 e. The van der Waals surface area contributed by atoms with Crippen LogP contribution in [-0.2, 0) is 15.5 Å². The molecule has 4 rings (SSSR count). The minimum atomic E-state index is -2.40. The van der Waals surface area contributed by atoms with Crippen molar-refractivity contribution in [3.8, 4) is 22.8 Å².